The van der Waals surface area contributed by atoms with Crippen molar-refractivity contribution < 1.29 is 24.5 Å². The predicted molar refractivity (Wildman–Crippen MR) is 71.0 cm³/mol. The Morgan fingerprint density at radius 3 is 2.85 bits per heavy atom. The average Bonchev–Trinajstić information content (AvgIpc) is 2.36. The third kappa shape index (κ3) is 2.13. The van der Waals surface area contributed by atoms with Crippen LogP contribution in [0, 0.1) is 0 Å². The van der Waals surface area contributed by atoms with Crippen LogP contribution >= 0.6 is 0 Å². The minimum Gasteiger partial charge on any atom is -0.389 e. The molecule has 0 aromatic rings. The van der Waals surface area contributed by atoms with Gasteiger partial charge in [0.25, 0.3) is 0 Å². The highest BCUT2D eigenvalue weighted by atomic mass is 16.7. The number of hydrogen-bond acceptors (Lipinski definition) is 5. The fourth-order valence-corrected chi connectivity index (χ4v) is 3.48. The first kappa shape index (κ1) is 14.2. The van der Waals surface area contributed by atoms with Crippen molar-refractivity contribution in [2.75, 3.05) is 6.61 Å². The number of aliphatic hydroxyl groups excluding tert-OH is 1. The molecule has 2 aliphatic heterocycles. The van der Waals surface area contributed by atoms with E-state index < -0.39 is 23.3 Å². The normalized spacial score (nSPS) is 45.7. The van der Waals surface area contributed by atoms with Gasteiger partial charge in [-0.25, -0.2) is 0 Å². The molecule has 0 aromatic carbocycles. The maximum absolute atomic E-state index is 12.2. The molecule has 1 aliphatic carbocycles. The second-order valence-corrected chi connectivity index (χ2v) is 6.48. The molecule has 1 fully saturated rings. The van der Waals surface area contributed by atoms with Gasteiger partial charge in [-0.1, -0.05) is 5.57 Å². The van der Waals surface area contributed by atoms with E-state index in [0.717, 1.165) is 24.8 Å². The van der Waals surface area contributed by atoms with E-state index in [0.29, 0.717) is 18.4 Å². The first-order chi connectivity index (χ1) is 9.34. The van der Waals surface area contributed by atoms with Crippen LogP contribution in [-0.2, 0) is 14.3 Å². The van der Waals surface area contributed by atoms with Gasteiger partial charge in [-0.15, -0.1) is 0 Å². The van der Waals surface area contributed by atoms with Crippen molar-refractivity contribution in [3.05, 3.63) is 11.1 Å². The van der Waals surface area contributed by atoms with Gasteiger partial charge in [0.15, 0.2) is 17.2 Å². The minimum atomic E-state index is -1.70. The average molecular weight is 282 g/mol. The molecule has 0 saturated carbocycles. The summed E-state index contributed by atoms with van der Waals surface area (Å²) in [6, 6.07) is 0. The van der Waals surface area contributed by atoms with Gasteiger partial charge < -0.3 is 19.7 Å². The molecule has 0 bridgehead atoms. The van der Waals surface area contributed by atoms with Crippen molar-refractivity contribution in [2.24, 2.45) is 0 Å². The Hall–Kier alpha value is -0.750. The lowest BCUT2D eigenvalue weighted by atomic mass is 9.75. The van der Waals surface area contributed by atoms with Gasteiger partial charge in [0.2, 0.25) is 0 Å². The maximum atomic E-state index is 12.2. The summed E-state index contributed by atoms with van der Waals surface area (Å²) < 4.78 is 11.8. The van der Waals surface area contributed by atoms with Gasteiger partial charge >= 0.3 is 0 Å². The standard InChI is InChI=1S/C15H22O5/c1-9-4-3-5-15(20-9)7-10-6-12(16)14(2,18)13(17)11(10)8-19-15/h9,12,16,18H,3-8H2,1-2H3. The number of ketones is 1. The van der Waals surface area contributed by atoms with Crippen LogP contribution in [0.1, 0.15) is 46.0 Å². The first-order valence-corrected chi connectivity index (χ1v) is 7.32. The highest BCUT2D eigenvalue weighted by Crippen LogP contribution is 2.43. The Kier molecular flexibility index (Phi) is 3.29. The van der Waals surface area contributed by atoms with Crippen LogP contribution < -0.4 is 0 Å². The molecule has 112 valence electrons. The molecule has 1 saturated heterocycles. The predicted octanol–water partition coefficient (Wildman–Crippen LogP) is 1.07. The molecule has 0 aromatic heterocycles. The van der Waals surface area contributed by atoms with E-state index in [1.54, 1.807) is 0 Å². The van der Waals surface area contributed by atoms with Crippen LogP contribution in [0.2, 0.25) is 0 Å². The lowest BCUT2D eigenvalue weighted by molar-refractivity contribution is -0.277. The molecule has 5 nitrogen and oxygen atoms in total. The first-order valence-electron chi connectivity index (χ1n) is 7.32. The number of Topliss-reactive ketones (excluding diaryl/α,β-unsaturated/α-hetero) is 1. The SMILES string of the molecule is CC1CCCC2(CC3=C(CO2)C(=O)C(C)(O)C(O)C3)O1. The molecule has 0 radical (unpaired) electrons. The van der Waals surface area contributed by atoms with Crippen LogP contribution in [0.3, 0.4) is 0 Å². The highest BCUT2D eigenvalue weighted by molar-refractivity contribution is 6.04. The fourth-order valence-electron chi connectivity index (χ4n) is 3.48. The largest absolute Gasteiger partial charge is 0.389 e. The molecule has 5 heteroatoms. The van der Waals surface area contributed by atoms with Crippen LogP contribution in [0.15, 0.2) is 11.1 Å². The van der Waals surface area contributed by atoms with Crippen molar-refractivity contribution >= 4 is 5.78 Å². The van der Waals surface area contributed by atoms with Crippen molar-refractivity contribution in [1.29, 1.82) is 0 Å². The quantitative estimate of drug-likeness (QED) is 0.695. The Balaban J connectivity index is 1.87. The molecule has 2 N–H and O–H groups in total. The lowest BCUT2D eigenvalue weighted by Crippen LogP contribution is -2.55. The topological polar surface area (TPSA) is 76.0 Å². The second kappa shape index (κ2) is 4.63. The van der Waals surface area contributed by atoms with Crippen LogP contribution in [0.25, 0.3) is 0 Å². The van der Waals surface area contributed by atoms with Gasteiger partial charge in [-0.2, -0.15) is 0 Å². The van der Waals surface area contributed by atoms with Gasteiger partial charge in [-0.05, 0) is 33.1 Å². The number of carbonyl (C=O) groups is 1. The Labute approximate surface area is 118 Å². The van der Waals surface area contributed by atoms with Crippen LogP contribution in [0.5, 0.6) is 0 Å². The zero-order chi connectivity index (χ0) is 14.5. The maximum Gasteiger partial charge on any atom is 0.195 e. The van der Waals surface area contributed by atoms with E-state index in [9.17, 15) is 15.0 Å². The smallest absolute Gasteiger partial charge is 0.195 e. The molecule has 0 amide bonds. The molecule has 3 aliphatic rings. The summed E-state index contributed by atoms with van der Waals surface area (Å²) in [7, 11) is 0. The molecule has 1 spiro atoms. The zero-order valence-electron chi connectivity index (χ0n) is 12.0. The van der Waals surface area contributed by atoms with Gasteiger partial charge in [0, 0.05) is 18.4 Å². The zero-order valence-corrected chi connectivity index (χ0v) is 12.0. The van der Waals surface area contributed by atoms with Crippen molar-refractivity contribution in [1.82, 2.24) is 0 Å². The van der Waals surface area contributed by atoms with Crippen LogP contribution in [0.4, 0.5) is 0 Å². The van der Waals surface area contributed by atoms with Crippen molar-refractivity contribution in [3.63, 3.8) is 0 Å². The summed E-state index contributed by atoms with van der Waals surface area (Å²) in [4.78, 5) is 12.2. The van der Waals surface area contributed by atoms with Gasteiger partial charge in [0.05, 0.1) is 18.8 Å². The fraction of sp³-hybridized carbons (Fsp3) is 0.800. The number of carbonyl (C=O) groups excluding carboxylic acids is 1. The molecular weight excluding hydrogens is 260 g/mol. The number of ether oxygens (including phenoxy) is 2. The monoisotopic (exact) mass is 282 g/mol. The number of hydrogen-bond donors (Lipinski definition) is 2. The van der Waals surface area contributed by atoms with E-state index in [1.165, 1.54) is 6.92 Å². The van der Waals surface area contributed by atoms with E-state index in [2.05, 4.69) is 0 Å². The third-order valence-corrected chi connectivity index (χ3v) is 4.80. The Bertz CT molecular complexity index is 467. The summed E-state index contributed by atoms with van der Waals surface area (Å²) in [5.41, 5.74) is -0.296. The van der Waals surface area contributed by atoms with E-state index in [1.807, 2.05) is 6.92 Å². The minimum absolute atomic E-state index is 0.151. The third-order valence-electron chi connectivity index (χ3n) is 4.80. The molecule has 4 unspecified atom stereocenters. The summed E-state index contributed by atoms with van der Waals surface area (Å²) in [6.07, 6.45) is 2.81. The van der Waals surface area contributed by atoms with E-state index >= 15 is 0 Å². The van der Waals surface area contributed by atoms with Crippen molar-refractivity contribution in [2.45, 2.75) is 69.5 Å². The lowest BCUT2D eigenvalue weighted by Gasteiger charge is -2.46. The molecular formula is C15H22O5. The van der Waals surface area contributed by atoms with E-state index in [-0.39, 0.29) is 12.7 Å². The van der Waals surface area contributed by atoms with Crippen LogP contribution in [-0.4, -0.2) is 46.2 Å². The molecule has 3 rings (SSSR count). The summed E-state index contributed by atoms with van der Waals surface area (Å²) in [5, 5.41) is 20.1. The van der Waals surface area contributed by atoms with Gasteiger partial charge in [0.1, 0.15) is 0 Å². The summed E-state index contributed by atoms with van der Waals surface area (Å²) >= 11 is 0. The summed E-state index contributed by atoms with van der Waals surface area (Å²) in [5.74, 6) is -1.05. The highest BCUT2D eigenvalue weighted by Gasteiger charge is 2.50. The van der Waals surface area contributed by atoms with Crippen molar-refractivity contribution in [3.8, 4) is 0 Å². The number of aliphatic hydroxyl groups is 2. The molecule has 20 heavy (non-hydrogen) atoms. The molecule has 4 atom stereocenters. The Morgan fingerprint density at radius 1 is 1.40 bits per heavy atom. The van der Waals surface area contributed by atoms with E-state index in [4.69, 9.17) is 9.47 Å². The van der Waals surface area contributed by atoms with Gasteiger partial charge in [-0.3, -0.25) is 4.79 Å². The Morgan fingerprint density at radius 2 is 2.15 bits per heavy atom. The summed E-state index contributed by atoms with van der Waals surface area (Å²) in [6.45, 7) is 3.57. The number of rotatable bonds is 0. The molecule has 2 heterocycles. The second-order valence-electron chi connectivity index (χ2n) is 6.48.